The van der Waals surface area contributed by atoms with E-state index in [-0.39, 0.29) is 24.3 Å². The molecule has 1 aromatic carbocycles. The molecule has 8 nitrogen and oxygen atoms in total. The highest BCUT2D eigenvalue weighted by atomic mass is 16.6. The molecule has 2 amide bonds. The number of benzene rings is 1. The van der Waals surface area contributed by atoms with Crippen molar-refractivity contribution in [3.8, 4) is 0 Å². The summed E-state index contributed by atoms with van der Waals surface area (Å²) in [4.78, 5) is 37.6. The Balaban J connectivity index is 3.25. The minimum atomic E-state index is -0.822. The summed E-state index contributed by atoms with van der Waals surface area (Å²) in [5.74, 6) is -1.08. The van der Waals surface area contributed by atoms with Gasteiger partial charge in [0.15, 0.2) is 0 Å². The molecule has 0 aliphatic carbocycles. The average Bonchev–Trinajstić information content (AvgIpc) is 2.54. The standard InChI is InChI=1S/C20H30N2O6/c1-19(2,3)27-17(24)14-10-8-9-11-15(14)22(16(23)12-13-26-7)21-18(25)28-20(4,5)6/h8-11H,12-13H2,1-7H3,(H,21,25). The molecule has 28 heavy (non-hydrogen) atoms. The fourth-order valence-corrected chi connectivity index (χ4v) is 2.12. The van der Waals surface area contributed by atoms with Crippen molar-refractivity contribution in [3.63, 3.8) is 0 Å². The number of nitrogens with one attached hydrogen (secondary N) is 1. The smallest absolute Gasteiger partial charge is 0.427 e. The molecule has 1 rings (SSSR count). The van der Waals surface area contributed by atoms with Crippen LogP contribution in [-0.4, -0.2) is 42.9 Å². The molecule has 0 radical (unpaired) electrons. The molecule has 0 aliphatic rings. The Hall–Kier alpha value is -2.61. The molecule has 0 fully saturated rings. The van der Waals surface area contributed by atoms with E-state index in [1.807, 2.05) is 0 Å². The Morgan fingerprint density at radius 1 is 0.964 bits per heavy atom. The summed E-state index contributed by atoms with van der Waals surface area (Å²) in [6.45, 7) is 10.5. The SMILES string of the molecule is COCCC(=O)N(NC(=O)OC(C)(C)C)c1ccccc1C(=O)OC(C)(C)C. The number of carbonyl (C=O) groups excluding carboxylic acids is 3. The number of methoxy groups -OCH3 is 1. The van der Waals surface area contributed by atoms with Crippen LogP contribution in [0.3, 0.4) is 0 Å². The number of para-hydroxylation sites is 1. The third kappa shape index (κ3) is 7.96. The van der Waals surface area contributed by atoms with Crippen LogP contribution in [-0.2, 0) is 19.0 Å². The Labute approximate surface area is 166 Å². The quantitative estimate of drug-likeness (QED) is 0.607. The van der Waals surface area contributed by atoms with Crippen molar-refractivity contribution >= 4 is 23.7 Å². The zero-order valence-corrected chi connectivity index (χ0v) is 17.6. The molecule has 0 heterocycles. The van der Waals surface area contributed by atoms with Crippen LogP contribution in [0.5, 0.6) is 0 Å². The number of rotatable bonds is 5. The van der Waals surface area contributed by atoms with Crippen molar-refractivity contribution in [1.82, 2.24) is 5.43 Å². The predicted molar refractivity (Wildman–Crippen MR) is 105 cm³/mol. The second-order valence-electron chi connectivity index (χ2n) is 8.10. The first-order valence-corrected chi connectivity index (χ1v) is 8.98. The van der Waals surface area contributed by atoms with Gasteiger partial charge in [-0.05, 0) is 53.7 Å². The molecule has 0 aromatic heterocycles. The lowest BCUT2D eigenvalue weighted by atomic mass is 10.1. The Morgan fingerprint density at radius 2 is 1.54 bits per heavy atom. The fraction of sp³-hybridized carbons (Fsp3) is 0.550. The van der Waals surface area contributed by atoms with Gasteiger partial charge < -0.3 is 14.2 Å². The molecular formula is C20H30N2O6. The van der Waals surface area contributed by atoms with E-state index in [9.17, 15) is 14.4 Å². The minimum absolute atomic E-state index is 0.00501. The van der Waals surface area contributed by atoms with Crippen molar-refractivity contribution in [1.29, 1.82) is 0 Å². The number of hydrogen-bond donors (Lipinski definition) is 1. The summed E-state index contributed by atoms with van der Waals surface area (Å²) >= 11 is 0. The first kappa shape index (κ1) is 23.4. The van der Waals surface area contributed by atoms with Crippen LogP contribution < -0.4 is 10.4 Å². The predicted octanol–water partition coefficient (Wildman–Crippen LogP) is 3.45. The van der Waals surface area contributed by atoms with Crippen LogP contribution in [0.1, 0.15) is 58.3 Å². The van der Waals surface area contributed by atoms with E-state index in [1.54, 1.807) is 59.7 Å². The van der Waals surface area contributed by atoms with Crippen molar-refractivity contribution in [3.05, 3.63) is 29.8 Å². The average molecular weight is 394 g/mol. The summed E-state index contributed by atoms with van der Waals surface area (Å²) in [5, 5.41) is 0.992. The van der Waals surface area contributed by atoms with Crippen molar-refractivity contribution in [2.45, 2.75) is 59.2 Å². The van der Waals surface area contributed by atoms with Gasteiger partial charge in [0.2, 0.25) is 5.91 Å². The number of hydrogen-bond acceptors (Lipinski definition) is 6. The first-order valence-electron chi connectivity index (χ1n) is 8.98. The van der Waals surface area contributed by atoms with Crippen LogP contribution in [0.25, 0.3) is 0 Å². The van der Waals surface area contributed by atoms with Gasteiger partial charge in [0.25, 0.3) is 0 Å². The molecule has 0 unspecified atom stereocenters. The highest BCUT2D eigenvalue weighted by molar-refractivity contribution is 6.03. The second kappa shape index (κ2) is 9.54. The molecule has 0 saturated heterocycles. The van der Waals surface area contributed by atoms with Gasteiger partial charge in [-0.1, -0.05) is 12.1 Å². The highest BCUT2D eigenvalue weighted by Crippen LogP contribution is 2.23. The highest BCUT2D eigenvalue weighted by Gasteiger charge is 2.28. The lowest BCUT2D eigenvalue weighted by Crippen LogP contribution is -2.49. The van der Waals surface area contributed by atoms with E-state index in [0.29, 0.717) is 0 Å². The third-order valence-corrected chi connectivity index (χ3v) is 3.14. The van der Waals surface area contributed by atoms with Gasteiger partial charge in [0.05, 0.1) is 24.3 Å². The van der Waals surface area contributed by atoms with Crippen molar-refractivity contribution in [2.75, 3.05) is 18.7 Å². The summed E-state index contributed by atoms with van der Waals surface area (Å²) in [7, 11) is 1.47. The molecule has 1 N–H and O–H groups in total. The lowest BCUT2D eigenvalue weighted by molar-refractivity contribution is -0.120. The Kier molecular flexibility index (Phi) is 7.99. The Bertz CT molecular complexity index is 703. The fourth-order valence-electron chi connectivity index (χ4n) is 2.12. The molecule has 0 saturated carbocycles. The molecule has 1 aromatic rings. The number of anilines is 1. The number of esters is 1. The van der Waals surface area contributed by atoms with Crippen LogP contribution in [0.2, 0.25) is 0 Å². The number of carbonyl (C=O) groups is 3. The number of nitrogens with zero attached hydrogens (tertiary/aromatic N) is 1. The Morgan fingerprint density at radius 3 is 2.07 bits per heavy atom. The maximum Gasteiger partial charge on any atom is 0.427 e. The van der Waals surface area contributed by atoms with E-state index in [0.717, 1.165) is 5.01 Å². The van der Waals surface area contributed by atoms with E-state index in [4.69, 9.17) is 14.2 Å². The molecule has 0 atom stereocenters. The van der Waals surface area contributed by atoms with Gasteiger partial charge in [-0.25, -0.2) is 20.0 Å². The van der Waals surface area contributed by atoms with Crippen LogP contribution >= 0.6 is 0 Å². The summed E-state index contributed by atoms with van der Waals surface area (Å²) in [5.41, 5.74) is 1.27. The van der Waals surface area contributed by atoms with Gasteiger partial charge in [-0.15, -0.1) is 0 Å². The van der Waals surface area contributed by atoms with Crippen LogP contribution in [0.4, 0.5) is 10.5 Å². The zero-order valence-electron chi connectivity index (χ0n) is 17.6. The van der Waals surface area contributed by atoms with Crippen molar-refractivity contribution < 1.29 is 28.6 Å². The van der Waals surface area contributed by atoms with E-state index >= 15 is 0 Å². The molecule has 0 spiro atoms. The summed E-state index contributed by atoms with van der Waals surface area (Å²) < 4.78 is 15.6. The van der Waals surface area contributed by atoms with E-state index in [1.165, 1.54) is 13.2 Å². The van der Waals surface area contributed by atoms with Gasteiger partial charge in [0, 0.05) is 7.11 Å². The van der Waals surface area contributed by atoms with Crippen LogP contribution in [0.15, 0.2) is 24.3 Å². The molecule has 8 heteroatoms. The number of hydrazine groups is 1. The molecule has 0 bridgehead atoms. The monoisotopic (exact) mass is 394 g/mol. The maximum absolute atomic E-state index is 12.7. The number of amides is 2. The van der Waals surface area contributed by atoms with Gasteiger partial charge >= 0.3 is 12.1 Å². The van der Waals surface area contributed by atoms with Gasteiger partial charge in [-0.3, -0.25) is 4.79 Å². The van der Waals surface area contributed by atoms with E-state index in [2.05, 4.69) is 5.43 Å². The summed E-state index contributed by atoms with van der Waals surface area (Å²) in [6.07, 6.45) is -0.827. The first-order chi connectivity index (χ1) is 12.8. The second-order valence-corrected chi connectivity index (χ2v) is 8.10. The normalized spacial score (nSPS) is 11.5. The lowest BCUT2D eigenvalue weighted by Gasteiger charge is -2.28. The van der Waals surface area contributed by atoms with Crippen molar-refractivity contribution in [2.24, 2.45) is 0 Å². The molecule has 0 aliphatic heterocycles. The maximum atomic E-state index is 12.7. The van der Waals surface area contributed by atoms with Crippen LogP contribution in [0, 0.1) is 0 Å². The third-order valence-electron chi connectivity index (χ3n) is 3.14. The van der Waals surface area contributed by atoms with Gasteiger partial charge in [-0.2, -0.15) is 0 Å². The molecule has 156 valence electrons. The number of ether oxygens (including phenoxy) is 3. The minimum Gasteiger partial charge on any atom is -0.456 e. The molecular weight excluding hydrogens is 364 g/mol. The zero-order chi connectivity index (χ0) is 21.5. The topological polar surface area (TPSA) is 94.2 Å². The largest absolute Gasteiger partial charge is 0.456 e. The van der Waals surface area contributed by atoms with E-state index < -0.39 is 29.2 Å². The summed E-state index contributed by atoms with van der Waals surface area (Å²) in [6, 6.07) is 6.36. The van der Waals surface area contributed by atoms with Gasteiger partial charge in [0.1, 0.15) is 11.2 Å².